The van der Waals surface area contributed by atoms with Crippen molar-refractivity contribution in [2.45, 2.75) is 32.2 Å². The van der Waals surface area contributed by atoms with E-state index >= 15 is 0 Å². The Morgan fingerprint density at radius 3 is 2.92 bits per heavy atom. The molecule has 0 unspecified atom stereocenters. The maximum atomic E-state index is 5.44. The van der Waals surface area contributed by atoms with Crippen LogP contribution in [0.4, 0.5) is 0 Å². The van der Waals surface area contributed by atoms with Crippen molar-refractivity contribution in [3.05, 3.63) is 53.7 Å². The summed E-state index contributed by atoms with van der Waals surface area (Å²) in [5.41, 5.74) is 3.51. The van der Waals surface area contributed by atoms with Crippen molar-refractivity contribution < 1.29 is 4.52 Å². The van der Waals surface area contributed by atoms with E-state index in [0.717, 1.165) is 38.0 Å². The van der Waals surface area contributed by atoms with Gasteiger partial charge in [0.1, 0.15) is 0 Å². The first-order chi connectivity index (χ1) is 11.8. The molecule has 2 aromatic heterocycles. The lowest BCUT2D eigenvalue weighted by Crippen LogP contribution is -2.32. The van der Waals surface area contributed by atoms with Gasteiger partial charge >= 0.3 is 0 Å². The van der Waals surface area contributed by atoms with Crippen LogP contribution in [0, 0.1) is 6.92 Å². The van der Waals surface area contributed by atoms with Crippen LogP contribution in [0.15, 0.2) is 41.2 Å². The molecule has 1 fully saturated rings. The van der Waals surface area contributed by atoms with Crippen molar-refractivity contribution in [2.24, 2.45) is 0 Å². The van der Waals surface area contributed by atoms with Crippen molar-refractivity contribution in [1.29, 1.82) is 0 Å². The van der Waals surface area contributed by atoms with Crippen molar-refractivity contribution in [1.82, 2.24) is 25.2 Å². The Labute approximate surface area is 140 Å². The summed E-state index contributed by atoms with van der Waals surface area (Å²) in [5.74, 6) is 1.96. The second kappa shape index (κ2) is 6.57. The highest BCUT2D eigenvalue weighted by molar-refractivity contribution is 5.55. The maximum absolute atomic E-state index is 5.44. The summed E-state index contributed by atoms with van der Waals surface area (Å²) in [6.45, 7) is 4.86. The quantitative estimate of drug-likeness (QED) is 0.798. The number of likely N-dealkylation sites (tertiary alicyclic amines) is 1. The summed E-state index contributed by atoms with van der Waals surface area (Å²) < 4.78 is 5.44. The molecule has 3 aromatic rings. The molecular formula is C18H21N5O. The molecule has 1 saturated heterocycles. The summed E-state index contributed by atoms with van der Waals surface area (Å²) in [7, 11) is 0. The van der Waals surface area contributed by atoms with Gasteiger partial charge in [0.2, 0.25) is 11.7 Å². The van der Waals surface area contributed by atoms with Gasteiger partial charge in [0.15, 0.2) is 0 Å². The smallest absolute Gasteiger partial charge is 0.241 e. The second-order valence-corrected chi connectivity index (χ2v) is 6.46. The number of piperidine rings is 1. The van der Waals surface area contributed by atoms with Crippen LogP contribution in [0.25, 0.3) is 11.4 Å². The molecular weight excluding hydrogens is 302 g/mol. The number of benzene rings is 1. The third-order valence-electron chi connectivity index (χ3n) is 4.68. The van der Waals surface area contributed by atoms with Gasteiger partial charge in [0, 0.05) is 11.8 Å². The Morgan fingerprint density at radius 2 is 2.17 bits per heavy atom. The fourth-order valence-electron chi connectivity index (χ4n) is 3.32. The number of hydrogen-bond acceptors (Lipinski definition) is 5. The fraction of sp³-hybridized carbons (Fsp3) is 0.389. The van der Waals surface area contributed by atoms with Gasteiger partial charge in [-0.05, 0) is 50.4 Å². The van der Waals surface area contributed by atoms with E-state index < -0.39 is 0 Å². The molecule has 0 amide bonds. The third kappa shape index (κ3) is 3.23. The van der Waals surface area contributed by atoms with E-state index in [1.165, 1.54) is 11.1 Å². The molecule has 0 saturated carbocycles. The molecule has 1 aromatic carbocycles. The molecule has 24 heavy (non-hydrogen) atoms. The van der Waals surface area contributed by atoms with E-state index in [9.17, 15) is 0 Å². The molecule has 1 aliphatic rings. The Kier molecular flexibility index (Phi) is 4.13. The molecule has 0 atom stereocenters. The number of aromatic nitrogens is 4. The van der Waals surface area contributed by atoms with Crippen LogP contribution in [0.5, 0.6) is 0 Å². The Bertz CT molecular complexity index is 787. The van der Waals surface area contributed by atoms with Gasteiger partial charge in [-0.1, -0.05) is 28.9 Å². The van der Waals surface area contributed by atoms with Crippen LogP contribution >= 0.6 is 0 Å². The maximum Gasteiger partial charge on any atom is 0.241 e. The highest BCUT2D eigenvalue weighted by Crippen LogP contribution is 2.28. The first-order valence-electron chi connectivity index (χ1n) is 8.38. The van der Waals surface area contributed by atoms with Crippen molar-refractivity contribution in [3.8, 4) is 11.4 Å². The van der Waals surface area contributed by atoms with Crippen molar-refractivity contribution >= 4 is 0 Å². The van der Waals surface area contributed by atoms with E-state index in [0.29, 0.717) is 17.6 Å². The summed E-state index contributed by atoms with van der Waals surface area (Å²) in [6, 6.07) is 8.17. The van der Waals surface area contributed by atoms with Crippen LogP contribution in [0.2, 0.25) is 0 Å². The molecule has 0 bridgehead atoms. The molecule has 124 valence electrons. The standard InChI is InChI=1S/C18H21N5O/c1-13-3-2-4-15(9-13)18-21-17(24-22-18)12-23-7-5-14(6-8-23)16-10-19-20-11-16/h2-4,9-11,14H,5-8,12H2,1H3,(H,19,20). The zero-order chi connectivity index (χ0) is 16.4. The van der Waals surface area contributed by atoms with Gasteiger partial charge in [-0.2, -0.15) is 10.1 Å². The minimum Gasteiger partial charge on any atom is -0.338 e. The van der Waals surface area contributed by atoms with Gasteiger partial charge in [0.05, 0.1) is 12.7 Å². The van der Waals surface area contributed by atoms with E-state index in [1.54, 1.807) is 0 Å². The summed E-state index contributed by atoms with van der Waals surface area (Å²) in [6.07, 6.45) is 6.22. The van der Waals surface area contributed by atoms with Crippen molar-refractivity contribution in [2.75, 3.05) is 13.1 Å². The largest absolute Gasteiger partial charge is 0.338 e. The lowest BCUT2D eigenvalue weighted by atomic mass is 9.92. The number of nitrogens with zero attached hydrogens (tertiary/aromatic N) is 4. The molecule has 6 nitrogen and oxygen atoms in total. The van der Waals surface area contributed by atoms with E-state index in [-0.39, 0.29) is 0 Å². The number of aryl methyl sites for hydroxylation is 1. The average Bonchev–Trinajstić information content (AvgIpc) is 3.27. The number of aromatic amines is 1. The SMILES string of the molecule is Cc1cccc(-c2noc(CN3CCC(c4cn[nH]c4)CC3)n2)c1. The topological polar surface area (TPSA) is 70.8 Å². The van der Waals surface area contributed by atoms with E-state index in [4.69, 9.17) is 4.52 Å². The number of nitrogens with one attached hydrogen (secondary N) is 1. The third-order valence-corrected chi connectivity index (χ3v) is 4.68. The van der Waals surface area contributed by atoms with Crippen LogP contribution in [0.1, 0.15) is 35.8 Å². The second-order valence-electron chi connectivity index (χ2n) is 6.46. The molecule has 1 aliphatic heterocycles. The lowest BCUT2D eigenvalue weighted by molar-refractivity contribution is 0.181. The molecule has 1 N–H and O–H groups in total. The fourth-order valence-corrected chi connectivity index (χ4v) is 3.32. The zero-order valence-corrected chi connectivity index (χ0v) is 13.8. The Balaban J connectivity index is 1.37. The number of rotatable bonds is 4. The molecule has 0 aliphatic carbocycles. The van der Waals surface area contributed by atoms with Crippen LogP contribution < -0.4 is 0 Å². The predicted molar refractivity (Wildman–Crippen MR) is 90.3 cm³/mol. The van der Waals surface area contributed by atoms with Gasteiger partial charge in [0.25, 0.3) is 0 Å². The molecule has 0 radical (unpaired) electrons. The first kappa shape index (κ1) is 15.1. The monoisotopic (exact) mass is 323 g/mol. The normalized spacial score (nSPS) is 16.5. The predicted octanol–water partition coefficient (Wildman–Crippen LogP) is 3.15. The summed E-state index contributed by atoms with van der Waals surface area (Å²) in [5, 5.41) is 11.1. The van der Waals surface area contributed by atoms with Crippen LogP contribution in [0.3, 0.4) is 0 Å². The summed E-state index contributed by atoms with van der Waals surface area (Å²) in [4.78, 5) is 6.93. The minimum atomic E-state index is 0.602. The highest BCUT2D eigenvalue weighted by Gasteiger charge is 2.22. The number of hydrogen-bond donors (Lipinski definition) is 1. The first-order valence-corrected chi connectivity index (χ1v) is 8.38. The molecule has 6 heteroatoms. The van der Waals surface area contributed by atoms with Crippen LogP contribution in [-0.4, -0.2) is 38.3 Å². The minimum absolute atomic E-state index is 0.602. The van der Waals surface area contributed by atoms with Gasteiger partial charge in [-0.15, -0.1) is 0 Å². The lowest BCUT2D eigenvalue weighted by Gasteiger charge is -2.30. The average molecular weight is 323 g/mol. The Morgan fingerprint density at radius 1 is 1.29 bits per heavy atom. The van der Waals surface area contributed by atoms with Crippen molar-refractivity contribution in [3.63, 3.8) is 0 Å². The zero-order valence-electron chi connectivity index (χ0n) is 13.8. The Hall–Kier alpha value is -2.47. The summed E-state index contributed by atoms with van der Waals surface area (Å²) >= 11 is 0. The highest BCUT2D eigenvalue weighted by atomic mass is 16.5. The van der Waals surface area contributed by atoms with Gasteiger partial charge in [-0.3, -0.25) is 10.00 Å². The molecule has 0 spiro atoms. The van der Waals surface area contributed by atoms with Gasteiger partial charge in [-0.25, -0.2) is 0 Å². The van der Waals surface area contributed by atoms with E-state index in [2.05, 4.69) is 44.3 Å². The van der Waals surface area contributed by atoms with Crippen LogP contribution in [-0.2, 0) is 6.54 Å². The van der Waals surface area contributed by atoms with Gasteiger partial charge < -0.3 is 4.52 Å². The van der Waals surface area contributed by atoms with E-state index in [1.807, 2.05) is 24.5 Å². The number of H-pyrrole nitrogens is 1. The molecule has 3 heterocycles. The molecule has 4 rings (SSSR count).